The topological polar surface area (TPSA) is 52.7 Å². The molecule has 2 aliphatic heterocycles. The van der Waals surface area contributed by atoms with Gasteiger partial charge in [-0.05, 0) is 62.3 Å². The average Bonchev–Trinajstić information content (AvgIpc) is 3.30. The molecule has 0 saturated carbocycles. The Morgan fingerprint density at radius 3 is 2.53 bits per heavy atom. The van der Waals surface area contributed by atoms with Crippen LogP contribution in [0.3, 0.4) is 0 Å². The molecule has 5 heteroatoms. The van der Waals surface area contributed by atoms with E-state index >= 15 is 0 Å². The van der Waals surface area contributed by atoms with Crippen LogP contribution in [-0.2, 0) is 11.3 Å². The van der Waals surface area contributed by atoms with Crippen LogP contribution in [0.25, 0.3) is 0 Å². The predicted octanol–water partition coefficient (Wildman–Crippen LogP) is 4.02. The number of benzene rings is 2. The Labute approximate surface area is 191 Å². The molecule has 1 N–H and O–H groups in total. The second-order valence-corrected chi connectivity index (χ2v) is 9.24. The lowest BCUT2D eigenvalue weighted by Gasteiger charge is -2.39. The number of nitrogens with one attached hydrogen (secondary N) is 1. The van der Waals surface area contributed by atoms with Crippen molar-refractivity contribution in [2.24, 2.45) is 5.92 Å². The summed E-state index contributed by atoms with van der Waals surface area (Å²) in [4.78, 5) is 30.1. The molecule has 170 valence electrons. The summed E-state index contributed by atoms with van der Waals surface area (Å²) in [6.07, 6.45) is 4.95. The van der Waals surface area contributed by atoms with Gasteiger partial charge in [0.15, 0.2) is 0 Å². The highest BCUT2D eigenvalue weighted by Gasteiger charge is 2.36. The number of carbonyl (C=O) groups is 2. The Morgan fingerprint density at radius 1 is 0.969 bits per heavy atom. The first-order valence-corrected chi connectivity index (χ1v) is 12.0. The van der Waals surface area contributed by atoms with Gasteiger partial charge in [0.2, 0.25) is 5.91 Å². The number of nitrogens with zero attached hydrogens (tertiary/aromatic N) is 2. The minimum absolute atomic E-state index is 0.0993. The van der Waals surface area contributed by atoms with E-state index < -0.39 is 0 Å². The molecule has 2 aliphatic rings. The van der Waals surface area contributed by atoms with Gasteiger partial charge < -0.3 is 10.2 Å². The molecule has 2 aromatic rings. The Kier molecular flexibility index (Phi) is 7.59. The van der Waals surface area contributed by atoms with Crippen molar-refractivity contribution in [3.05, 3.63) is 71.3 Å². The number of hydrogen-bond donors (Lipinski definition) is 1. The molecule has 2 saturated heterocycles. The summed E-state index contributed by atoms with van der Waals surface area (Å²) < 4.78 is 0. The Balaban J connectivity index is 1.28. The van der Waals surface area contributed by atoms with Crippen molar-refractivity contribution in [1.82, 2.24) is 15.1 Å². The lowest BCUT2D eigenvalue weighted by molar-refractivity contribution is -0.133. The highest BCUT2D eigenvalue weighted by atomic mass is 16.2. The smallest absolute Gasteiger partial charge is 0.251 e. The molecule has 2 heterocycles. The van der Waals surface area contributed by atoms with E-state index in [-0.39, 0.29) is 11.8 Å². The van der Waals surface area contributed by atoms with Crippen molar-refractivity contribution >= 4 is 11.8 Å². The van der Waals surface area contributed by atoms with Gasteiger partial charge in [0.05, 0.1) is 0 Å². The van der Waals surface area contributed by atoms with Crippen LogP contribution in [0.1, 0.15) is 53.6 Å². The van der Waals surface area contributed by atoms with E-state index in [0.717, 1.165) is 44.6 Å². The van der Waals surface area contributed by atoms with Gasteiger partial charge in [0.1, 0.15) is 0 Å². The van der Waals surface area contributed by atoms with Crippen molar-refractivity contribution in [3.8, 4) is 0 Å². The van der Waals surface area contributed by atoms with Crippen LogP contribution in [0.5, 0.6) is 0 Å². The van der Waals surface area contributed by atoms with Crippen LogP contribution >= 0.6 is 0 Å². The minimum Gasteiger partial charge on any atom is -0.352 e. The van der Waals surface area contributed by atoms with Crippen LogP contribution in [0.2, 0.25) is 0 Å². The van der Waals surface area contributed by atoms with Crippen LogP contribution in [0.15, 0.2) is 54.6 Å². The summed E-state index contributed by atoms with van der Waals surface area (Å²) >= 11 is 0. The Bertz CT molecular complexity index is 914. The normalized spacial score (nSPS) is 21.5. The molecule has 5 nitrogen and oxygen atoms in total. The van der Waals surface area contributed by atoms with Crippen LogP contribution in [0.4, 0.5) is 0 Å². The molecule has 0 radical (unpaired) electrons. The molecular weight excluding hydrogens is 398 g/mol. The second kappa shape index (κ2) is 10.8. The van der Waals surface area contributed by atoms with E-state index in [2.05, 4.69) is 45.4 Å². The molecule has 4 rings (SSSR count). The van der Waals surface area contributed by atoms with Crippen molar-refractivity contribution in [2.45, 2.75) is 51.6 Å². The fraction of sp³-hybridized carbons (Fsp3) is 0.481. The van der Waals surface area contributed by atoms with Crippen molar-refractivity contribution < 1.29 is 9.59 Å². The fourth-order valence-corrected chi connectivity index (χ4v) is 5.33. The zero-order valence-electron chi connectivity index (χ0n) is 19.1. The van der Waals surface area contributed by atoms with Crippen molar-refractivity contribution in [1.29, 1.82) is 0 Å². The summed E-state index contributed by atoms with van der Waals surface area (Å²) in [5, 5.41) is 2.93. The summed E-state index contributed by atoms with van der Waals surface area (Å²) in [5.41, 5.74) is 2.99. The average molecular weight is 434 g/mol. The van der Waals surface area contributed by atoms with E-state index in [9.17, 15) is 9.59 Å². The zero-order valence-corrected chi connectivity index (χ0v) is 19.1. The monoisotopic (exact) mass is 433 g/mol. The van der Waals surface area contributed by atoms with Gasteiger partial charge in [-0.3, -0.25) is 14.5 Å². The van der Waals surface area contributed by atoms with Gasteiger partial charge in [-0.15, -0.1) is 0 Å². The summed E-state index contributed by atoms with van der Waals surface area (Å²) in [6.45, 7) is 6.36. The number of aryl methyl sites for hydroxylation is 1. The number of carbonyl (C=O) groups excluding carboxylic acids is 2. The second-order valence-electron chi connectivity index (χ2n) is 9.24. The van der Waals surface area contributed by atoms with E-state index in [0.29, 0.717) is 30.5 Å². The minimum atomic E-state index is -0.0993. The van der Waals surface area contributed by atoms with Gasteiger partial charge in [-0.1, -0.05) is 48.5 Å². The van der Waals surface area contributed by atoms with Gasteiger partial charge in [0.25, 0.3) is 5.91 Å². The molecule has 32 heavy (non-hydrogen) atoms. The van der Waals surface area contributed by atoms with Crippen molar-refractivity contribution in [2.75, 3.05) is 26.2 Å². The van der Waals surface area contributed by atoms with Gasteiger partial charge in [-0.25, -0.2) is 0 Å². The SMILES string of the molecule is Cc1ccccc1C(=O)NCCC(=O)N1CCCC1C1CCCN(Cc2ccccc2)C1. The molecule has 0 aromatic heterocycles. The molecular formula is C27H35N3O2. The number of piperidine rings is 1. The van der Waals surface area contributed by atoms with Crippen LogP contribution in [0, 0.1) is 12.8 Å². The van der Waals surface area contributed by atoms with E-state index in [1.165, 1.54) is 18.4 Å². The highest BCUT2D eigenvalue weighted by Crippen LogP contribution is 2.31. The molecule has 2 atom stereocenters. The number of likely N-dealkylation sites (tertiary alicyclic amines) is 2. The largest absolute Gasteiger partial charge is 0.352 e. The quantitative estimate of drug-likeness (QED) is 0.718. The van der Waals surface area contributed by atoms with Crippen molar-refractivity contribution in [3.63, 3.8) is 0 Å². The third-order valence-corrected chi connectivity index (χ3v) is 6.97. The number of hydrogen-bond acceptors (Lipinski definition) is 3. The molecule has 2 unspecified atom stereocenters. The molecule has 0 spiro atoms. The first kappa shape index (κ1) is 22.5. The summed E-state index contributed by atoms with van der Waals surface area (Å²) in [5.74, 6) is 0.621. The van der Waals surface area contributed by atoms with E-state index in [1.807, 2.05) is 31.2 Å². The molecule has 0 bridgehead atoms. The lowest BCUT2D eigenvalue weighted by Crippen LogP contribution is -2.47. The summed E-state index contributed by atoms with van der Waals surface area (Å²) in [7, 11) is 0. The number of amides is 2. The zero-order chi connectivity index (χ0) is 22.3. The molecule has 2 amide bonds. The maximum absolute atomic E-state index is 13.0. The third kappa shape index (κ3) is 5.57. The molecule has 2 aromatic carbocycles. The highest BCUT2D eigenvalue weighted by molar-refractivity contribution is 5.95. The van der Waals surface area contributed by atoms with E-state index in [1.54, 1.807) is 0 Å². The molecule has 0 aliphatic carbocycles. The summed E-state index contributed by atoms with van der Waals surface area (Å²) in [6, 6.07) is 18.6. The maximum Gasteiger partial charge on any atom is 0.251 e. The number of rotatable bonds is 7. The van der Waals surface area contributed by atoms with Gasteiger partial charge in [0, 0.05) is 44.2 Å². The first-order valence-electron chi connectivity index (χ1n) is 12.0. The predicted molar refractivity (Wildman–Crippen MR) is 127 cm³/mol. The lowest BCUT2D eigenvalue weighted by atomic mass is 9.88. The van der Waals surface area contributed by atoms with E-state index in [4.69, 9.17) is 0 Å². The standard InChI is InChI=1S/C27H35N3O2/c1-21-9-5-6-13-24(21)27(32)28-16-15-26(31)30-18-8-14-25(30)23-12-7-17-29(20-23)19-22-10-3-2-4-11-22/h2-6,9-11,13,23,25H,7-8,12,14-20H2,1H3,(H,28,32). The van der Waals surface area contributed by atoms with Crippen LogP contribution < -0.4 is 5.32 Å². The van der Waals surface area contributed by atoms with Crippen LogP contribution in [-0.4, -0.2) is 53.8 Å². The fourth-order valence-electron chi connectivity index (χ4n) is 5.33. The first-order chi connectivity index (χ1) is 15.6. The Hall–Kier alpha value is -2.66. The molecule has 2 fully saturated rings. The Morgan fingerprint density at radius 2 is 1.72 bits per heavy atom. The van der Waals surface area contributed by atoms with Gasteiger partial charge in [-0.2, -0.15) is 0 Å². The third-order valence-electron chi connectivity index (χ3n) is 6.97. The van der Waals surface area contributed by atoms with Gasteiger partial charge >= 0.3 is 0 Å². The maximum atomic E-state index is 13.0.